The number of furan rings is 2. The minimum absolute atomic E-state index is 0.881. The molecular weight excluding hydrogens is 550 g/mol. The highest BCUT2D eigenvalue weighted by molar-refractivity contribution is 6.20. The van der Waals surface area contributed by atoms with E-state index in [4.69, 9.17) is 8.83 Å². The van der Waals surface area contributed by atoms with Crippen LogP contribution in [0.2, 0.25) is 0 Å². The molecule has 0 radical (unpaired) electrons. The van der Waals surface area contributed by atoms with Crippen molar-refractivity contribution < 1.29 is 8.83 Å². The van der Waals surface area contributed by atoms with E-state index in [1.807, 2.05) is 0 Å². The summed E-state index contributed by atoms with van der Waals surface area (Å²) in [5, 5.41) is 6.79. The van der Waals surface area contributed by atoms with Crippen LogP contribution >= 0.6 is 0 Å². The van der Waals surface area contributed by atoms with Crippen LogP contribution in [0.5, 0.6) is 0 Å². The Morgan fingerprint density at radius 3 is 2.07 bits per heavy atom. The highest BCUT2D eigenvalue weighted by Crippen LogP contribution is 2.44. The van der Waals surface area contributed by atoms with E-state index in [-0.39, 0.29) is 0 Å². The first-order valence-corrected chi connectivity index (χ1v) is 15.3. The third kappa shape index (κ3) is 3.46. The predicted molar refractivity (Wildman–Crippen MR) is 186 cm³/mol. The van der Waals surface area contributed by atoms with Gasteiger partial charge in [-0.1, -0.05) is 103 Å². The Morgan fingerprint density at radius 1 is 0.422 bits per heavy atom. The molecule has 0 aliphatic heterocycles. The summed E-state index contributed by atoms with van der Waals surface area (Å²) in [4.78, 5) is 0. The van der Waals surface area contributed by atoms with Gasteiger partial charge in [0.25, 0.3) is 0 Å². The summed E-state index contributed by atoms with van der Waals surface area (Å²) in [6, 6.07) is 53.5. The van der Waals surface area contributed by atoms with Crippen LogP contribution in [0, 0.1) is 0 Å². The zero-order chi connectivity index (χ0) is 29.5. The first kappa shape index (κ1) is 24.4. The van der Waals surface area contributed by atoms with Crippen LogP contribution in [0.15, 0.2) is 160 Å². The average Bonchev–Trinajstić information content (AvgIpc) is 3.77. The van der Waals surface area contributed by atoms with Gasteiger partial charge >= 0.3 is 0 Å². The fourth-order valence-corrected chi connectivity index (χ4v) is 7.23. The number of hydrogen-bond acceptors (Lipinski definition) is 2. The molecule has 3 heterocycles. The average molecular weight is 576 g/mol. The van der Waals surface area contributed by atoms with Gasteiger partial charge in [0.05, 0.1) is 5.52 Å². The number of para-hydroxylation sites is 2. The summed E-state index contributed by atoms with van der Waals surface area (Å²) < 4.78 is 15.4. The van der Waals surface area contributed by atoms with Gasteiger partial charge in [-0.15, -0.1) is 0 Å². The maximum atomic E-state index is 6.57. The molecule has 0 N–H and O–H groups in total. The largest absolute Gasteiger partial charge is 0.455 e. The van der Waals surface area contributed by atoms with Gasteiger partial charge in [0.15, 0.2) is 5.58 Å². The number of benzene rings is 7. The SMILES string of the molecule is c1ccc(-n2c3ccccc3c3oc4ccc(-c5ccccc5-c5cccc6oc7c8ccccc8ccc7c56)cc4c32)cc1. The third-order valence-electron chi connectivity index (χ3n) is 9.20. The Labute approximate surface area is 258 Å². The molecule has 0 saturated heterocycles. The molecule has 0 fully saturated rings. The fourth-order valence-electron chi connectivity index (χ4n) is 7.23. The molecule has 0 atom stereocenters. The van der Waals surface area contributed by atoms with Crippen LogP contribution in [-0.4, -0.2) is 4.57 Å². The summed E-state index contributed by atoms with van der Waals surface area (Å²) in [5.74, 6) is 0. The van der Waals surface area contributed by atoms with Crippen LogP contribution in [0.3, 0.4) is 0 Å². The van der Waals surface area contributed by atoms with Crippen molar-refractivity contribution in [2.24, 2.45) is 0 Å². The molecule has 0 amide bonds. The minimum Gasteiger partial charge on any atom is -0.455 e. The summed E-state index contributed by atoms with van der Waals surface area (Å²) in [6.45, 7) is 0. The third-order valence-corrected chi connectivity index (χ3v) is 9.20. The second kappa shape index (κ2) is 9.22. The summed E-state index contributed by atoms with van der Waals surface area (Å²) in [5.41, 5.74) is 11.6. The van der Waals surface area contributed by atoms with Crippen molar-refractivity contribution in [2.75, 3.05) is 0 Å². The lowest BCUT2D eigenvalue weighted by molar-refractivity contribution is 0.672. The van der Waals surface area contributed by atoms with Crippen LogP contribution in [0.4, 0.5) is 0 Å². The molecule has 3 heteroatoms. The van der Waals surface area contributed by atoms with Crippen molar-refractivity contribution in [3.05, 3.63) is 152 Å². The number of hydrogen-bond donors (Lipinski definition) is 0. The standard InChI is InChI=1S/C42H25NO2/c1-2-12-28(13-3-1)43-36-19-9-8-17-33(36)42-40(43)35-25-27(22-24-37(35)44-42)29-14-6-7-16-31(29)32-18-10-20-38-39(32)34-23-21-26-11-4-5-15-30(26)41(34)45-38/h1-25H. The molecule has 3 aromatic heterocycles. The Morgan fingerprint density at radius 2 is 1.16 bits per heavy atom. The van der Waals surface area contributed by atoms with Gasteiger partial charge in [0, 0.05) is 32.6 Å². The highest BCUT2D eigenvalue weighted by atomic mass is 16.3. The molecule has 0 aliphatic carbocycles. The van der Waals surface area contributed by atoms with Crippen molar-refractivity contribution in [1.82, 2.24) is 4.57 Å². The van der Waals surface area contributed by atoms with Crippen molar-refractivity contribution in [1.29, 1.82) is 0 Å². The van der Waals surface area contributed by atoms with E-state index >= 15 is 0 Å². The molecule has 45 heavy (non-hydrogen) atoms. The van der Waals surface area contributed by atoms with E-state index in [0.717, 1.165) is 77.1 Å². The van der Waals surface area contributed by atoms with Gasteiger partial charge in [-0.3, -0.25) is 0 Å². The second-order valence-electron chi connectivity index (χ2n) is 11.7. The Kier molecular flexibility index (Phi) is 5.00. The van der Waals surface area contributed by atoms with Gasteiger partial charge in [0.1, 0.15) is 22.3 Å². The van der Waals surface area contributed by atoms with E-state index in [2.05, 4.69) is 156 Å². The highest BCUT2D eigenvalue weighted by Gasteiger charge is 2.21. The van der Waals surface area contributed by atoms with E-state index < -0.39 is 0 Å². The Hall–Kier alpha value is -6.06. The summed E-state index contributed by atoms with van der Waals surface area (Å²) >= 11 is 0. The number of rotatable bonds is 3. The molecule has 3 nitrogen and oxygen atoms in total. The number of fused-ring (bicyclic) bond motifs is 10. The minimum atomic E-state index is 0.881. The Balaban J connectivity index is 1.24. The maximum Gasteiger partial charge on any atom is 0.161 e. The van der Waals surface area contributed by atoms with Gasteiger partial charge in [0.2, 0.25) is 0 Å². The quantitative estimate of drug-likeness (QED) is 0.210. The fraction of sp³-hybridized carbons (Fsp3) is 0. The van der Waals surface area contributed by atoms with Gasteiger partial charge in [-0.2, -0.15) is 0 Å². The molecule has 0 saturated carbocycles. The van der Waals surface area contributed by atoms with Crippen LogP contribution in [0.1, 0.15) is 0 Å². The van der Waals surface area contributed by atoms with E-state index in [9.17, 15) is 0 Å². The molecule has 10 aromatic rings. The molecule has 7 aromatic carbocycles. The van der Waals surface area contributed by atoms with Gasteiger partial charge in [-0.05, 0) is 76.2 Å². The van der Waals surface area contributed by atoms with Crippen LogP contribution in [-0.2, 0) is 0 Å². The summed E-state index contributed by atoms with van der Waals surface area (Å²) in [7, 11) is 0. The van der Waals surface area contributed by atoms with Gasteiger partial charge in [-0.25, -0.2) is 0 Å². The second-order valence-corrected chi connectivity index (χ2v) is 11.7. The molecule has 0 spiro atoms. The van der Waals surface area contributed by atoms with E-state index in [1.165, 1.54) is 16.5 Å². The molecule has 0 bridgehead atoms. The zero-order valence-corrected chi connectivity index (χ0v) is 24.2. The zero-order valence-electron chi connectivity index (χ0n) is 24.2. The summed E-state index contributed by atoms with van der Waals surface area (Å²) in [6.07, 6.45) is 0. The number of aromatic nitrogens is 1. The van der Waals surface area contributed by atoms with Crippen molar-refractivity contribution in [3.8, 4) is 27.9 Å². The topological polar surface area (TPSA) is 31.2 Å². The van der Waals surface area contributed by atoms with Crippen molar-refractivity contribution >= 4 is 65.7 Å². The Bertz CT molecular complexity index is 2760. The van der Waals surface area contributed by atoms with Crippen LogP contribution < -0.4 is 0 Å². The lowest BCUT2D eigenvalue weighted by Crippen LogP contribution is -1.93. The smallest absolute Gasteiger partial charge is 0.161 e. The lowest BCUT2D eigenvalue weighted by Gasteiger charge is -2.12. The molecule has 0 aliphatic rings. The van der Waals surface area contributed by atoms with Crippen molar-refractivity contribution in [2.45, 2.75) is 0 Å². The monoisotopic (exact) mass is 575 g/mol. The van der Waals surface area contributed by atoms with E-state index in [1.54, 1.807) is 0 Å². The molecule has 10 rings (SSSR count). The van der Waals surface area contributed by atoms with E-state index in [0.29, 0.717) is 0 Å². The molecular formula is C42H25NO2. The first-order valence-electron chi connectivity index (χ1n) is 15.3. The first-order chi connectivity index (χ1) is 22.3. The normalized spacial score (nSPS) is 12.0. The van der Waals surface area contributed by atoms with Gasteiger partial charge < -0.3 is 13.4 Å². The molecule has 210 valence electrons. The van der Waals surface area contributed by atoms with Crippen LogP contribution in [0.25, 0.3) is 93.6 Å². The number of nitrogens with zero attached hydrogens (tertiary/aromatic N) is 1. The molecule has 0 unspecified atom stereocenters. The predicted octanol–water partition coefficient (Wildman–Crippen LogP) is 11.9. The maximum absolute atomic E-state index is 6.57. The lowest BCUT2D eigenvalue weighted by atomic mass is 9.91. The van der Waals surface area contributed by atoms with Crippen molar-refractivity contribution in [3.63, 3.8) is 0 Å².